The number of halogens is 2. The summed E-state index contributed by atoms with van der Waals surface area (Å²) in [5.41, 5.74) is 8.85. The predicted octanol–water partition coefficient (Wildman–Crippen LogP) is 3.20. The summed E-state index contributed by atoms with van der Waals surface area (Å²) in [6.07, 6.45) is 4.08. The van der Waals surface area contributed by atoms with E-state index in [2.05, 4.69) is 55.4 Å². The molecule has 1 spiro atoms. The van der Waals surface area contributed by atoms with Crippen LogP contribution in [0.15, 0.2) is 24.4 Å². The lowest BCUT2D eigenvalue weighted by molar-refractivity contribution is 0.00528. The Kier molecular flexibility index (Phi) is 5.36. The van der Waals surface area contributed by atoms with Gasteiger partial charge in [0.1, 0.15) is 16.8 Å². The smallest absolute Gasteiger partial charge is 0.254 e. The number of rotatable bonds is 8. The van der Waals surface area contributed by atoms with Crippen LogP contribution in [0.2, 0.25) is 0 Å². The maximum atomic E-state index is 13.6. The van der Waals surface area contributed by atoms with Crippen LogP contribution in [0.1, 0.15) is 36.8 Å². The van der Waals surface area contributed by atoms with Crippen molar-refractivity contribution in [1.82, 2.24) is 29.5 Å². The standard InChI is InChI=1S/C27H34F2N8O/c1-35-13-20-6-19(35)14-36(20)11-16-3-4-18(22(5-16)38-2)12-37-23-21(10-32-37)33-25(30)34-24(23)31-9-17-7-26(8-17)15-27(26,28)29/h3-5,10,17,19-20H,6-9,11-15H2,1-2H3,(H3,30,31,33,34)/t17?,19-,20-,26?/m0/s1. The maximum absolute atomic E-state index is 13.6. The first kappa shape index (κ1) is 24.0. The topological polar surface area (TPSA) is 97.4 Å². The minimum Gasteiger partial charge on any atom is -0.496 e. The molecule has 38 heavy (non-hydrogen) atoms. The summed E-state index contributed by atoms with van der Waals surface area (Å²) in [5, 5.41) is 7.92. The van der Waals surface area contributed by atoms with E-state index in [0.717, 1.165) is 36.5 Å². The van der Waals surface area contributed by atoms with E-state index in [0.29, 0.717) is 49.3 Å². The van der Waals surface area contributed by atoms with Gasteiger partial charge >= 0.3 is 0 Å². The molecule has 0 unspecified atom stereocenters. The van der Waals surface area contributed by atoms with E-state index in [1.807, 2.05) is 4.68 Å². The number of fused-ring (bicyclic) bond motifs is 3. The number of likely N-dealkylation sites (tertiary alicyclic amines) is 2. The summed E-state index contributed by atoms with van der Waals surface area (Å²) >= 11 is 0. The molecule has 2 aliphatic heterocycles. The molecule has 3 N–H and O–H groups in total. The molecular formula is C27H34F2N8O. The second kappa shape index (κ2) is 8.47. The monoisotopic (exact) mass is 524 g/mol. The summed E-state index contributed by atoms with van der Waals surface area (Å²) < 4.78 is 34.8. The van der Waals surface area contributed by atoms with Gasteiger partial charge in [0.15, 0.2) is 5.82 Å². The van der Waals surface area contributed by atoms with E-state index in [4.69, 9.17) is 10.5 Å². The fraction of sp³-hybridized carbons (Fsp3) is 0.593. The van der Waals surface area contributed by atoms with Gasteiger partial charge in [-0.1, -0.05) is 12.1 Å². The van der Waals surface area contributed by atoms with E-state index < -0.39 is 11.3 Å². The van der Waals surface area contributed by atoms with Crippen LogP contribution >= 0.6 is 0 Å². The van der Waals surface area contributed by atoms with Crippen molar-refractivity contribution < 1.29 is 13.5 Å². The molecule has 9 nitrogen and oxygen atoms in total. The highest BCUT2D eigenvalue weighted by Gasteiger charge is 2.75. The molecule has 2 aromatic heterocycles. The van der Waals surface area contributed by atoms with Gasteiger partial charge in [0.05, 0.1) is 19.9 Å². The Morgan fingerprint density at radius 3 is 2.66 bits per heavy atom. The zero-order valence-corrected chi connectivity index (χ0v) is 21.8. The van der Waals surface area contributed by atoms with Crippen LogP contribution in [-0.4, -0.2) is 81.3 Å². The zero-order chi connectivity index (χ0) is 26.2. The third-order valence-corrected chi connectivity index (χ3v) is 9.32. The van der Waals surface area contributed by atoms with Crippen LogP contribution in [0.5, 0.6) is 5.75 Å². The van der Waals surface area contributed by atoms with Crippen molar-refractivity contribution in [2.75, 3.05) is 44.8 Å². The summed E-state index contributed by atoms with van der Waals surface area (Å²) in [5.74, 6) is -0.720. The number of piperazine rings is 1. The van der Waals surface area contributed by atoms with E-state index in [1.165, 1.54) is 12.0 Å². The lowest BCUT2D eigenvalue weighted by atomic mass is 9.71. The normalized spacial score (nSPS) is 29.7. The van der Waals surface area contributed by atoms with E-state index in [9.17, 15) is 8.78 Å². The van der Waals surface area contributed by atoms with Crippen molar-refractivity contribution in [1.29, 1.82) is 0 Å². The summed E-state index contributed by atoms with van der Waals surface area (Å²) in [6.45, 7) is 4.23. The molecule has 0 radical (unpaired) electrons. The van der Waals surface area contributed by atoms with E-state index in [1.54, 1.807) is 13.3 Å². The number of hydrogen-bond donors (Lipinski definition) is 2. The number of nitrogen functional groups attached to an aromatic ring is 1. The van der Waals surface area contributed by atoms with Crippen LogP contribution in [0, 0.1) is 11.3 Å². The van der Waals surface area contributed by atoms with Gasteiger partial charge in [-0.05, 0) is 43.9 Å². The van der Waals surface area contributed by atoms with Gasteiger partial charge in [0, 0.05) is 55.7 Å². The van der Waals surface area contributed by atoms with Crippen LogP contribution in [-0.2, 0) is 13.1 Å². The fourth-order valence-corrected chi connectivity index (χ4v) is 7.07. The zero-order valence-electron chi connectivity index (χ0n) is 21.8. The average Bonchev–Trinajstić information content (AvgIpc) is 3.24. The Labute approximate surface area is 220 Å². The van der Waals surface area contributed by atoms with Crippen molar-refractivity contribution in [3.05, 3.63) is 35.5 Å². The number of nitrogens with two attached hydrogens (primary N) is 1. The Hall–Kier alpha value is -3.05. The van der Waals surface area contributed by atoms with Gasteiger partial charge < -0.3 is 20.7 Å². The van der Waals surface area contributed by atoms with Gasteiger partial charge in [-0.25, -0.2) is 13.8 Å². The molecule has 0 amide bonds. The number of benzene rings is 1. The van der Waals surface area contributed by atoms with Crippen LogP contribution < -0.4 is 15.8 Å². The molecule has 202 valence electrons. The summed E-state index contributed by atoms with van der Waals surface area (Å²) in [7, 11) is 3.92. The Bertz CT molecular complexity index is 1380. The minimum atomic E-state index is -2.48. The number of aromatic nitrogens is 4. The maximum Gasteiger partial charge on any atom is 0.254 e. The number of nitrogens with one attached hydrogen (secondary N) is 1. The molecule has 2 bridgehead atoms. The first-order valence-corrected chi connectivity index (χ1v) is 13.4. The second-order valence-electron chi connectivity index (χ2n) is 11.8. The van der Waals surface area contributed by atoms with Crippen molar-refractivity contribution in [3.8, 4) is 5.75 Å². The second-order valence-corrected chi connectivity index (χ2v) is 11.8. The third kappa shape index (κ3) is 3.89. The minimum absolute atomic E-state index is 0.0328. The molecule has 4 heterocycles. The first-order valence-electron chi connectivity index (χ1n) is 13.4. The van der Waals surface area contributed by atoms with Crippen LogP contribution in [0.3, 0.4) is 0 Å². The summed E-state index contributed by atoms with van der Waals surface area (Å²) in [4.78, 5) is 13.8. The molecule has 2 aliphatic carbocycles. The first-order chi connectivity index (χ1) is 18.2. The molecule has 2 saturated heterocycles. The number of alkyl halides is 2. The highest BCUT2D eigenvalue weighted by molar-refractivity contribution is 5.86. The van der Waals surface area contributed by atoms with Gasteiger partial charge in [0.25, 0.3) is 5.92 Å². The molecular weight excluding hydrogens is 490 g/mol. The highest BCUT2D eigenvalue weighted by atomic mass is 19.3. The molecule has 4 aliphatic rings. The van der Waals surface area contributed by atoms with Gasteiger partial charge in [-0.3, -0.25) is 9.58 Å². The number of likely N-dealkylation sites (N-methyl/N-ethyl adjacent to an activating group) is 1. The lowest BCUT2D eigenvalue weighted by Gasteiger charge is -2.36. The molecule has 1 aromatic carbocycles. The van der Waals surface area contributed by atoms with E-state index in [-0.39, 0.29) is 18.3 Å². The number of hydrogen-bond acceptors (Lipinski definition) is 8. The Morgan fingerprint density at radius 2 is 1.97 bits per heavy atom. The van der Waals surface area contributed by atoms with Crippen molar-refractivity contribution in [2.45, 2.75) is 56.8 Å². The molecule has 11 heteroatoms. The SMILES string of the molecule is COc1cc(CN2C[C@@H]3C[C@H]2CN3C)ccc1Cn1ncc2nc(N)nc(NCC3CC4(C3)CC4(F)F)c21. The predicted molar refractivity (Wildman–Crippen MR) is 140 cm³/mol. The third-order valence-electron chi connectivity index (χ3n) is 9.32. The van der Waals surface area contributed by atoms with Crippen LogP contribution in [0.25, 0.3) is 11.0 Å². The van der Waals surface area contributed by atoms with Crippen molar-refractivity contribution in [3.63, 3.8) is 0 Å². The molecule has 7 rings (SSSR count). The fourth-order valence-electron chi connectivity index (χ4n) is 7.07. The Morgan fingerprint density at radius 1 is 1.16 bits per heavy atom. The quantitative estimate of drug-likeness (QED) is 0.464. The van der Waals surface area contributed by atoms with Crippen molar-refractivity contribution in [2.24, 2.45) is 11.3 Å². The summed E-state index contributed by atoms with van der Waals surface area (Å²) in [6, 6.07) is 7.72. The van der Waals surface area contributed by atoms with Crippen LogP contribution in [0.4, 0.5) is 20.5 Å². The van der Waals surface area contributed by atoms with Gasteiger partial charge in [-0.2, -0.15) is 10.1 Å². The van der Waals surface area contributed by atoms with Crippen molar-refractivity contribution >= 4 is 22.8 Å². The number of ether oxygens (including phenoxy) is 1. The largest absolute Gasteiger partial charge is 0.496 e. The molecule has 2 saturated carbocycles. The van der Waals surface area contributed by atoms with Gasteiger partial charge in [0.2, 0.25) is 5.95 Å². The molecule has 2 atom stereocenters. The number of nitrogens with zero attached hydrogens (tertiary/aromatic N) is 6. The molecule has 4 fully saturated rings. The lowest BCUT2D eigenvalue weighted by Crippen LogP contribution is -2.43. The average molecular weight is 525 g/mol. The number of anilines is 2. The number of methoxy groups -OCH3 is 1. The van der Waals surface area contributed by atoms with E-state index >= 15 is 0 Å². The Balaban J connectivity index is 1.08. The molecule has 3 aromatic rings. The van der Waals surface area contributed by atoms with Gasteiger partial charge in [-0.15, -0.1) is 0 Å². The highest BCUT2D eigenvalue weighted by Crippen LogP contribution is 2.72.